The van der Waals surface area contributed by atoms with Crippen molar-refractivity contribution in [2.75, 3.05) is 19.0 Å². The van der Waals surface area contributed by atoms with Crippen molar-refractivity contribution in [1.82, 2.24) is 15.0 Å². The summed E-state index contributed by atoms with van der Waals surface area (Å²) in [6, 6.07) is 12.2. The molecule has 1 amide bonds. The van der Waals surface area contributed by atoms with Crippen LogP contribution in [0.15, 0.2) is 48.5 Å². The Bertz CT molecular complexity index is 1090. The molecular formula is C19H17N5O6. The predicted molar refractivity (Wildman–Crippen MR) is 105 cm³/mol. The van der Waals surface area contributed by atoms with Crippen molar-refractivity contribution in [1.29, 1.82) is 0 Å². The molecule has 3 rings (SSSR count). The van der Waals surface area contributed by atoms with Crippen LogP contribution in [0.5, 0.6) is 5.75 Å². The molecule has 1 aromatic heterocycles. The lowest BCUT2D eigenvalue weighted by Gasteiger charge is -2.07. The molecule has 0 unspecified atom stereocenters. The van der Waals surface area contributed by atoms with Gasteiger partial charge in [0.15, 0.2) is 12.3 Å². The quantitative estimate of drug-likeness (QED) is 0.355. The monoisotopic (exact) mass is 411 g/mol. The third kappa shape index (κ3) is 4.58. The van der Waals surface area contributed by atoms with E-state index in [1.54, 1.807) is 37.3 Å². The Balaban J connectivity index is 1.72. The van der Waals surface area contributed by atoms with E-state index in [9.17, 15) is 19.7 Å². The molecule has 2 aromatic carbocycles. The Labute approximate surface area is 170 Å². The van der Waals surface area contributed by atoms with E-state index in [4.69, 9.17) is 4.74 Å². The van der Waals surface area contributed by atoms with Gasteiger partial charge in [-0.1, -0.05) is 11.3 Å². The first-order chi connectivity index (χ1) is 14.4. The lowest BCUT2D eigenvalue weighted by atomic mass is 10.2. The van der Waals surface area contributed by atoms with Crippen LogP contribution in [-0.4, -0.2) is 45.5 Å². The van der Waals surface area contributed by atoms with E-state index in [0.29, 0.717) is 22.8 Å². The number of hydrogen-bond acceptors (Lipinski definition) is 8. The fraction of sp³-hybridized carbons (Fsp3) is 0.158. The molecule has 0 aliphatic rings. The SMILES string of the molecule is COC(=O)COc1ccc(NC(=O)c2nnn(-c3cccc([N+](=O)[O-])c3)c2C)cc1. The van der Waals surface area contributed by atoms with Crippen molar-refractivity contribution in [2.24, 2.45) is 0 Å². The van der Waals surface area contributed by atoms with Crippen LogP contribution in [0.25, 0.3) is 5.69 Å². The van der Waals surface area contributed by atoms with Crippen LogP contribution in [0, 0.1) is 17.0 Å². The normalized spacial score (nSPS) is 10.3. The smallest absolute Gasteiger partial charge is 0.343 e. The minimum atomic E-state index is -0.512. The highest BCUT2D eigenvalue weighted by atomic mass is 16.6. The van der Waals surface area contributed by atoms with Gasteiger partial charge in [-0.2, -0.15) is 0 Å². The number of nitro groups is 1. The molecule has 1 N–H and O–H groups in total. The van der Waals surface area contributed by atoms with Crippen molar-refractivity contribution in [2.45, 2.75) is 6.92 Å². The van der Waals surface area contributed by atoms with E-state index in [1.807, 2.05) is 0 Å². The summed E-state index contributed by atoms with van der Waals surface area (Å²) in [7, 11) is 1.27. The van der Waals surface area contributed by atoms with Crippen LogP contribution < -0.4 is 10.1 Å². The molecule has 0 radical (unpaired) electrons. The molecule has 154 valence electrons. The first-order valence-corrected chi connectivity index (χ1v) is 8.67. The number of carbonyl (C=O) groups is 2. The van der Waals surface area contributed by atoms with Crippen LogP contribution in [-0.2, 0) is 9.53 Å². The summed E-state index contributed by atoms with van der Waals surface area (Å²) >= 11 is 0. The van der Waals surface area contributed by atoms with Crippen molar-refractivity contribution in [3.05, 3.63) is 70.0 Å². The van der Waals surface area contributed by atoms with E-state index < -0.39 is 16.8 Å². The van der Waals surface area contributed by atoms with Gasteiger partial charge in [-0.25, -0.2) is 9.48 Å². The van der Waals surface area contributed by atoms with Gasteiger partial charge in [0, 0.05) is 17.8 Å². The first kappa shape index (κ1) is 20.5. The van der Waals surface area contributed by atoms with Crippen LogP contribution in [0.3, 0.4) is 0 Å². The molecule has 0 atom stereocenters. The number of methoxy groups -OCH3 is 1. The van der Waals surface area contributed by atoms with Gasteiger partial charge in [0.25, 0.3) is 11.6 Å². The second-order valence-electron chi connectivity index (χ2n) is 6.06. The number of nitrogens with zero attached hydrogens (tertiary/aromatic N) is 4. The molecule has 11 nitrogen and oxygen atoms in total. The van der Waals surface area contributed by atoms with Gasteiger partial charge in [0.05, 0.1) is 23.4 Å². The molecule has 0 bridgehead atoms. The van der Waals surface area contributed by atoms with Crippen molar-refractivity contribution >= 4 is 23.3 Å². The topological polar surface area (TPSA) is 138 Å². The van der Waals surface area contributed by atoms with Gasteiger partial charge in [0.2, 0.25) is 0 Å². The van der Waals surface area contributed by atoms with Crippen LogP contribution >= 0.6 is 0 Å². The van der Waals surface area contributed by atoms with E-state index in [0.717, 1.165) is 0 Å². The summed E-state index contributed by atoms with van der Waals surface area (Å²) in [5.41, 5.74) is 1.30. The van der Waals surface area contributed by atoms with Crippen molar-refractivity contribution in [3.8, 4) is 11.4 Å². The number of esters is 1. The maximum Gasteiger partial charge on any atom is 0.343 e. The van der Waals surface area contributed by atoms with Crippen molar-refractivity contribution < 1.29 is 24.0 Å². The Hall–Kier alpha value is -4.28. The number of benzene rings is 2. The first-order valence-electron chi connectivity index (χ1n) is 8.67. The average molecular weight is 411 g/mol. The standard InChI is InChI=1S/C19H17N5O6/c1-12-18(21-22-23(12)14-4-3-5-15(10-14)24(27)28)19(26)20-13-6-8-16(9-7-13)30-11-17(25)29-2/h3-10H,11H2,1-2H3,(H,20,26). The third-order valence-electron chi connectivity index (χ3n) is 4.09. The highest BCUT2D eigenvalue weighted by molar-refractivity contribution is 6.03. The maximum absolute atomic E-state index is 12.6. The van der Waals surface area contributed by atoms with Crippen molar-refractivity contribution in [3.63, 3.8) is 0 Å². The zero-order chi connectivity index (χ0) is 21.7. The summed E-state index contributed by atoms with van der Waals surface area (Å²) in [5, 5.41) is 21.5. The summed E-state index contributed by atoms with van der Waals surface area (Å²) < 4.78 is 11.1. The maximum atomic E-state index is 12.6. The molecule has 0 fully saturated rings. The van der Waals surface area contributed by atoms with Gasteiger partial charge in [0.1, 0.15) is 5.75 Å². The Morgan fingerprint density at radius 3 is 2.60 bits per heavy atom. The van der Waals surface area contributed by atoms with Gasteiger partial charge in [-0.05, 0) is 37.3 Å². The molecule has 3 aromatic rings. The summed E-state index contributed by atoms with van der Waals surface area (Å²) in [6.07, 6.45) is 0. The van der Waals surface area contributed by atoms with E-state index in [-0.39, 0.29) is 18.0 Å². The number of hydrogen-bond donors (Lipinski definition) is 1. The Morgan fingerprint density at radius 2 is 1.93 bits per heavy atom. The number of nitro benzene ring substituents is 1. The number of rotatable bonds is 7. The van der Waals surface area contributed by atoms with Gasteiger partial charge < -0.3 is 14.8 Å². The molecule has 30 heavy (non-hydrogen) atoms. The van der Waals surface area contributed by atoms with Gasteiger partial charge >= 0.3 is 5.97 Å². The third-order valence-corrected chi connectivity index (χ3v) is 4.09. The highest BCUT2D eigenvalue weighted by Crippen LogP contribution is 2.20. The number of amides is 1. The number of anilines is 1. The molecule has 0 aliphatic heterocycles. The lowest BCUT2D eigenvalue weighted by Crippen LogP contribution is -2.14. The Morgan fingerprint density at radius 1 is 1.20 bits per heavy atom. The van der Waals surface area contributed by atoms with Crippen LogP contribution in [0.1, 0.15) is 16.2 Å². The van der Waals surface area contributed by atoms with Gasteiger partial charge in [-0.3, -0.25) is 14.9 Å². The zero-order valence-electron chi connectivity index (χ0n) is 16.1. The summed E-state index contributed by atoms with van der Waals surface area (Å²) in [6.45, 7) is 1.42. The van der Waals surface area contributed by atoms with E-state index in [1.165, 1.54) is 30.0 Å². The highest BCUT2D eigenvalue weighted by Gasteiger charge is 2.18. The summed E-state index contributed by atoms with van der Waals surface area (Å²) in [5.74, 6) is -0.562. The molecular weight excluding hydrogens is 394 g/mol. The predicted octanol–water partition coefficient (Wildman–Crippen LogP) is 2.29. The van der Waals surface area contributed by atoms with E-state index >= 15 is 0 Å². The number of carbonyl (C=O) groups excluding carboxylic acids is 2. The lowest BCUT2D eigenvalue weighted by molar-refractivity contribution is -0.384. The second-order valence-corrected chi connectivity index (χ2v) is 6.06. The average Bonchev–Trinajstić information content (AvgIpc) is 3.14. The largest absolute Gasteiger partial charge is 0.482 e. The molecule has 0 spiro atoms. The zero-order valence-corrected chi connectivity index (χ0v) is 16.1. The minimum Gasteiger partial charge on any atom is -0.482 e. The van der Waals surface area contributed by atoms with Crippen LogP contribution in [0.2, 0.25) is 0 Å². The minimum absolute atomic E-state index is 0.0764. The molecule has 11 heteroatoms. The fourth-order valence-corrected chi connectivity index (χ4v) is 2.55. The van der Waals surface area contributed by atoms with E-state index in [2.05, 4.69) is 20.4 Å². The number of aromatic nitrogens is 3. The molecule has 0 aliphatic carbocycles. The van der Waals surface area contributed by atoms with Gasteiger partial charge in [-0.15, -0.1) is 5.10 Å². The van der Waals surface area contributed by atoms with Crippen LogP contribution in [0.4, 0.5) is 11.4 Å². The molecule has 0 saturated carbocycles. The number of ether oxygens (including phenoxy) is 2. The Kier molecular flexibility index (Phi) is 6.01. The molecule has 1 heterocycles. The fourth-order valence-electron chi connectivity index (χ4n) is 2.55. The number of non-ortho nitro benzene ring substituents is 1. The summed E-state index contributed by atoms with van der Waals surface area (Å²) in [4.78, 5) is 34.1. The molecule has 0 saturated heterocycles. The second kappa shape index (κ2) is 8.82. The number of nitrogens with one attached hydrogen (secondary N) is 1.